The van der Waals surface area contributed by atoms with Crippen molar-refractivity contribution >= 4 is 5.91 Å². The van der Waals surface area contributed by atoms with Crippen LogP contribution in [0.15, 0.2) is 12.1 Å². The minimum atomic E-state index is -4.65. The van der Waals surface area contributed by atoms with Crippen LogP contribution in [-0.4, -0.2) is 48.8 Å². The Kier molecular flexibility index (Phi) is 6.75. The number of carbonyl (C=O) groups is 1. The molecule has 1 amide bonds. The maximum Gasteiger partial charge on any atom is 0.416 e. The van der Waals surface area contributed by atoms with Gasteiger partial charge in [-0.25, -0.2) is 8.78 Å². The molecule has 0 radical (unpaired) electrons. The molecule has 1 aromatic rings. The van der Waals surface area contributed by atoms with Gasteiger partial charge in [-0.15, -0.1) is 0 Å². The molecule has 2 fully saturated rings. The third kappa shape index (κ3) is 4.76. The number of nitrogens with zero attached hydrogens (tertiary/aromatic N) is 1. The number of carbonyl (C=O) groups excluding carboxylic acids is 1. The van der Waals surface area contributed by atoms with Crippen molar-refractivity contribution in [3.8, 4) is 0 Å². The van der Waals surface area contributed by atoms with Crippen LogP contribution >= 0.6 is 0 Å². The molecule has 4 nitrogen and oxygen atoms in total. The van der Waals surface area contributed by atoms with E-state index in [1.807, 2.05) is 13.8 Å². The Morgan fingerprint density at radius 3 is 2.70 bits per heavy atom. The Labute approximate surface area is 190 Å². The lowest BCUT2D eigenvalue weighted by molar-refractivity contribution is -0.146. The van der Waals surface area contributed by atoms with Gasteiger partial charge in [-0.1, -0.05) is 13.8 Å². The van der Waals surface area contributed by atoms with Gasteiger partial charge < -0.3 is 15.0 Å². The largest absolute Gasteiger partial charge is 0.416 e. The average Bonchev–Trinajstić information content (AvgIpc) is 3.19. The fourth-order valence-corrected chi connectivity index (χ4v) is 5.68. The fourth-order valence-electron chi connectivity index (χ4n) is 5.68. The number of ether oxygens (including phenoxy) is 1. The van der Waals surface area contributed by atoms with Gasteiger partial charge in [-0.3, -0.25) is 4.79 Å². The van der Waals surface area contributed by atoms with Crippen molar-refractivity contribution in [2.75, 3.05) is 19.8 Å². The molecule has 2 aliphatic heterocycles. The van der Waals surface area contributed by atoms with Crippen LogP contribution in [0.4, 0.5) is 22.0 Å². The van der Waals surface area contributed by atoms with Crippen molar-refractivity contribution in [2.45, 2.75) is 76.9 Å². The molecule has 3 aliphatic rings. The summed E-state index contributed by atoms with van der Waals surface area (Å²) < 4.78 is 73.3. The number of hydrogen-bond donors (Lipinski definition) is 1. The third-order valence-corrected chi connectivity index (χ3v) is 7.71. The second-order valence-corrected chi connectivity index (χ2v) is 9.97. The van der Waals surface area contributed by atoms with Crippen LogP contribution in [0, 0.1) is 17.2 Å². The van der Waals surface area contributed by atoms with E-state index in [0.29, 0.717) is 31.9 Å². The normalized spacial score (nSPS) is 30.5. The van der Waals surface area contributed by atoms with Crippen LogP contribution in [0.5, 0.6) is 0 Å². The summed E-state index contributed by atoms with van der Waals surface area (Å²) >= 11 is 0. The summed E-state index contributed by atoms with van der Waals surface area (Å²) in [6.07, 6.45) is -3.06. The Bertz CT molecular complexity index is 890. The lowest BCUT2D eigenvalue weighted by Gasteiger charge is -2.40. The summed E-state index contributed by atoms with van der Waals surface area (Å²) in [5.41, 5.74) is -1.23. The standard InChI is InChI=1S/C24H31F5N2O2/c1-14(2)23(6-3-17(11-23)30-21-5-8-33-13-20(21)26)22(32)31-7-4-18-15(12-31)9-16(10-19(18)25)24(27,28)29/h9-10,14,17,20-21,30H,3-8,11-13H2,1-2H3/t17?,20?,21?,23-/m0/s1. The highest BCUT2D eigenvalue weighted by Gasteiger charge is 2.50. The predicted molar refractivity (Wildman–Crippen MR) is 113 cm³/mol. The monoisotopic (exact) mass is 474 g/mol. The molecule has 0 spiro atoms. The molecule has 1 saturated heterocycles. The Morgan fingerprint density at radius 1 is 1.27 bits per heavy atom. The highest BCUT2D eigenvalue weighted by molar-refractivity contribution is 5.84. The zero-order valence-electron chi connectivity index (χ0n) is 19.0. The first-order chi connectivity index (χ1) is 15.5. The first kappa shape index (κ1) is 24.4. The topological polar surface area (TPSA) is 41.6 Å². The minimum Gasteiger partial charge on any atom is -0.378 e. The predicted octanol–water partition coefficient (Wildman–Crippen LogP) is 4.64. The molecule has 3 unspecified atom stereocenters. The summed E-state index contributed by atoms with van der Waals surface area (Å²) in [7, 11) is 0. The second-order valence-electron chi connectivity index (χ2n) is 9.97. The van der Waals surface area contributed by atoms with Crippen LogP contribution < -0.4 is 5.32 Å². The molecule has 4 rings (SSSR count). The molecule has 4 atom stereocenters. The molecule has 1 aromatic carbocycles. The van der Waals surface area contributed by atoms with Crippen molar-refractivity contribution in [3.63, 3.8) is 0 Å². The van der Waals surface area contributed by atoms with E-state index < -0.39 is 29.1 Å². The van der Waals surface area contributed by atoms with Crippen LogP contribution in [0.25, 0.3) is 0 Å². The summed E-state index contributed by atoms with van der Waals surface area (Å²) in [6.45, 7) is 4.77. The van der Waals surface area contributed by atoms with E-state index in [2.05, 4.69) is 5.32 Å². The van der Waals surface area contributed by atoms with Crippen LogP contribution in [0.1, 0.15) is 56.2 Å². The van der Waals surface area contributed by atoms with Gasteiger partial charge in [0.2, 0.25) is 5.91 Å². The second kappa shape index (κ2) is 9.13. The van der Waals surface area contributed by atoms with Crippen LogP contribution in [0.3, 0.4) is 0 Å². The lowest BCUT2D eigenvalue weighted by Crippen LogP contribution is -2.50. The number of rotatable bonds is 4. The number of amides is 1. The molecule has 184 valence electrons. The van der Waals surface area contributed by atoms with E-state index >= 15 is 0 Å². The first-order valence-electron chi connectivity index (χ1n) is 11.7. The molecule has 1 aliphatic carbocycles. The molecule has 9 heteroatoms. The highest BCUT2D eigenvalue weighted by Crippen LogP contribution is 2.47. The summed E-state index contributed by atoms with van der Waals surface area (Å²) in [5.74, 6) is -0.964. The zero-order valence-corrected chi connectivity index (χ0v) is 19.0. The van der Waals surface area contributed by atoms with Gasteiger partial charge in [0.1, 0.15) is 12.0 Å². The van der Waals surface area contributed by atoms with Crippen LogP contribution in [0.2, 0.25) is 0 Å². The summed E-state index contributed by atoms with van der Waals surface area (Å²) in [5, 5.41) is 3.38. The Hall–Kier alpha value is -1.74. The number of alkyl halides is 4. The molecule has 0 bridgehead atoms. The van der Waals surface area contributed by atoms with E-state index in [1.165, 1.54) is 0 Å². The molecule has 1 saturated carbocycles. The molecular weight excluding hydrogens is 443 g/mol. The highest BCUT2D eigenvalue weighted by atomic mass is 19.4. The fraction of sp³-hybridized carbons (Fsp3) is 0.708. The molecule has 33 heavy (non-hydrogen) atoms. The molecule has 0 aromatic heterocycles. The number of benzene rings is 1. The van der Waals surface area contributed by atoms with Crippen molar-refractivity contribution in [1.82, 2.24) is 10.2 Å². The minimum absolute atomic E-state index is 0.00676. The number of nitrogens with one attached hydrogen (secondary N) is 1. The van der Waals surface area contributed by atoms with Crippen molar-refractivity contribution in [1.29, 1.82) is 0 Å². The molecule has 2 heterocycles. The number of hydrogen-bond acceptors (Lipinski definition) is 3. The van der Waals surface area contributed by atoms with Crippen molar-refractivity contribution in [3.05, 3.63) is 34.6 Å². The van der Waals surface area contributed by atoms with Crippen LogP contribution in [-0.2, 0) is 28.7 Å². The van der Waals surface area contributed by atoms with Crippen molar-refractivity contribution < 1.29 is 31.5 Å². The van der Waals surface area contributed by atoms with E-state index in [4.69, 9.17) is 4.74 Å². The molecular formula is C24H31F5N2O2. The van der Waals surface area contributed by atoms with Gasteiger partial charge >= 0.3 is 6.18 Å². The Balaban J connectivity index is 1.51. The van der Waals surface area contributed by atoms with E-state index in [9.17, 15) is 26.7 Å². The van der Waals surface area contributed by atoms with Gasteiger partial charge in [0.25, 0.3) is 0 Å². The van der Waals surface area contributed by atoms with E-state index in [-0.39, 0.29) is 61.2 Å². The van der Waals surface area contributed by atoms with Gasteiger partial charge in [0.05, 0.1) is 17.6 Å². The van der Waals surface area contributed by atoms with Gasteiger partial charge in [-0.2, -0.15) is 13.2 Å². The van der Waals surface area contributed by atoms with E-state index in [1.54, 1.807) is 4.90 Å². The number of fused-ring (bicyclic) bond motifs is 1. The summed E-state index contributed by atoms with van der Waals surface area (Å²) in [6, 6.07) is 1.19. The van der Waals surface area contributed by atoms with Crippen molar-refractivity contribution in [2.24, 2.45) is 11.3 Å². The summed E-state index contributed by atoms with van der Waals surface area (Å²) in [4.78, 5) is 15.3. The van der Waals surface area contributed by atoms with Gasteiger partial charge in [0, 0.05) is 31.8 Å². The quantitative estimate of drug-likeness (QED) is 0.647. The third-order valence-electron chi connectivity index (χ3n) is 7.71. The lowest BCUT2D eigenvalue weighted by atomic mass is 9.73. The van der Waals surface area contributed by atoms with Gasteiger partial charge in [-0.05, 0) is 61.3 Å². The zero-order chi connectivity index (χ0) is 24.0. The maximum absolute atomic E-state index is 14.3. The smallest absolute Gasteiger partial charge is 0.378 e. The Morgan fingerprint density at radius 2 is 2.03 bits per heavy atom. The maximum atomic E-state index is 14.3. The molecule has 1 N–H and O–H groups in total. The number of halogens is 5. The van der Waals surface area contributed by atoms with E-state index in [0.717, 1.165) is 12.5 Å². The average molecular weight is 475 g/mol. The SMILES string of the molecule is CC(C)[C@]1(C(=O)N2CCc3c(F)cc(C(F)(F)F)cc3C2)CCC(NC2CCOCC2F)C1. The van der Waals surface area contributed by atoms with Gasteiger partial charge in [0.15, 0.2) is 0 Å². The first-order valence-corrected chi connectivity index (χ1v) is 11.7.